The van der Waals surface area contributed by atoms with Gasteiger partial charge in [-0.1, -0.05) is 13.8 Å². The summed E-state index contributed by atoms with van der Waals surface area (Å²) in [5, 5.41) is 3.20. The van der Waals surface area contributed by atoms with Crippen LogP contribution in [0.15, 0.2) is 0 Å². The van der Waals surface area contributed by atoms with Crippen LogP contribution in [0.25, 0.3) is 0 Å². The maximum Gasteiger partial charge on any atom is 0.211 e. The highest BCUT2D eigenvalue weighted by molar-refractivity contribution is 7.98. The van der Waals surface area contributed by atoms with Crippen molar-refractivity contribution in [1.29, 1.82) is 0 Å². The van der Waals surface area contributed by atoms with Crippen molar-refractivity contribution in [2.75, 3.05) is 37.4 Å². The number of thioether (sulfide) groups is 1. The maximum atomic E-state index is 11.6. The van der Waals surface area contributed by atoms with Gasteiger partial charge < -0.3 is 5.32 Å². The normalized spacial score (nSPS) is 13.8. The molecule has 2 N–H and O–H groups in total. The summed E-state index contributed by atoms with van der Waals surface area (Å²) in [6, 6.07) is 0. The van der Waals surface area contributed by atoms with Gasteiger partial charge in [0.2, 0.25) is 10.0 Å². The molecule has 0 aliphatic rings. The smallest absolute Gasteiger partial charge is 0.211 e. The monoisotopic (exact) mass is 282 g/mol. The third-order valence-electron chi connectivity index (χ3n) is 2.30. The molecule has 6 heteroatoms. The zero-order valence-electron chi connectivity index (χ0n) is 11.2. The van der Waals surface area contributed by atoms with Crippen LogP contribution in [-0.4, -0.2) is 45.8 Å². The van der Waals surface area contributed by atoms with E-state index in [9.17, 15) is 8.42 Å². The summed E-state index contributed by atoms with van der Waals surface area (Å²) in [6.07, 6.45) is 3.79. The molecule has 0 heterocycles. The highest BCUT2D eigenvalue weighted by Gasteiger charge is 2.11. The molecule has 0 aromatic heterocycles. The lowest BCUT2D eigenvalue weighted by molar-refractivity contribution is 0.557. The van der Waals surface area contributed by atoms with Crippen molar-refractivity contribution < 1.29 is 8.42 Å². The lowest BCUT2D eigenvalue weighted by Crippen LogP contribution is -2.32. The minimum absolute atomic E-state index is 0.218. The van der Waals surface area contributed by atoms with E-state index in [1.165, 1.54) is 0 Å². The Bertz CT molecular complexity index is 269. The van der Waals surface area contributed by atoms with E-state index in [0.29, 0.717) is 18.9 Å². The molecule has 0 saturated carbocycles. The van der Waals surface area contributed by atoms with Crippen molar-refractivity contribution >= 4 is 21.8 Å². The molecule has 0 rings (SSSR count). The van der Waals surface area contributed by atoms with Crippen LogP contribution in [0.1, 0.15) is 26.7 Å². The largest absolute Gasteiger partial charge is 0.317 e. The first-order chi connectivity index (χ1) is 8.02. The summed E-state index contributed by atoms with van der Waals surface area (Å²) in [5.41, 5.74) is 0. The number of sulfonamides is 1. The molecule has 104 valence electrons. The van der Waals surface area contributed by atoms with E-state index in [-0.39, 0.29) is 5.75 Å². The SMILES string of the molecule is CCCNCCCS(=O)(=O)NCC(C)CSC. The second-order valence-corrected chi connectivity index (χ2v) is 7.17. The summed E-state index contributed by atoms with van der Waals surface area (Å²) >= 11 is 1.74. The zero-order valence-corrected chi connectivity index (χ0v) is 12.8. The third-order valence-corrected chi connectivity index (χ3v) is 4.63. The standard InChI is InChI=1S/C11H26N2O2S2/c1-4-6-12-7-5-8-17(14,15)13-9-11(2)10-16-3/h11-13H,4-10H2,1-3H3. The average Bonchev–Trinajstić information content (AvgIpc) is 2.27. The number of nitrogens with one attached hydrogen (secondary N) is 2. The van der Waals surface area contributed by atoms with E-state index in [4.69, 9.17) is 0 Å². The molecule has 0 amide bonds. The van der Waals surface area contributed by atoms with Gasteiger partial charge in [-0.25, -0.2) is 13.1 Å². The topological polar surface area (TPSA) is 58.2 Å². The fourth-order valence-corrected chi connectivity index (χ4v) is 3.27. The van der Waals surface area contributed by atoms with E-state index >= 15 is 0 Å². The molecule has 0 fully saturated rings. The highest BCUT2D eigenvalue weighted by Crippen LogP contribution is 2.03. The van der Waals surface area contributed by atoms with Crippen molar-refractivity contribution in [1.82, 2.24) is 10.0 Å². The van der Waals surface area contributed by atoms with Crippen molar-refractivity contribution in [3.05, 3.63) is 0 Å². The van der Waals surface area contributed by atoms with Gasteiger partial charge in [0.05, 0.1) is 5.75 Å². The minimum Gasteiger partial charge on any atom is -0.317 e. The van der Waals surface area contributed by atoms with Crippen molar-refractivity contribution in [3.63, 3.8) is 0 Å². The molecule has 1 atom stereocenters. The van der Waals surface area contributed by atoms with Crippen LogP contribution in [0.3, 0.4) is 0 Å². The summed E-state index contributed by atoms with van der Waals surface area (Å²) in [6.45, 7) is 6.43. The second kappa shape index (κ2) is 10.2. The molecule has 0 aliphatic heterocycles. The van der Waals surface area contributed by atoms with E-state index in [2.05, 4.69) is 23.9 Å². The van der Waals surface area contributed by atoms with Crippen LogP contribution in [0.2, 0.25) is 0 Å². The predicted octanol–water partition coefficient (Wildman–Crippen LogP) is 1.29. The second-order valence-electron chi connectivity index (χ2n) is 4.33. The molecule has 1 unspecified atom stereocenters. The molecule has 0 aliphatic carbocycles. The van der Waals surface area contributed by atoms with E-state index in [0.717, 1.165) is 25.3 Å². The molecule has 0 saturated heterocycles. The van der Waals surface area contributed by atoms with Gasteiger partial charge in [-0.3, -0.25) is 0 Å². The van der Waals surface area contributed by atoms with Crippen molar-refractivity contribution in [2.45, 2.75) is 26.7 Å². The van der Waals surface area contributed by atoms with Gasteiger partial charge in [0.1, 0.15) is 0 Å². The van der Waals surface area contributed by atoms with E-state index < -0.39 is 10.0 Å². The molecule has 0 aromatic rings. The Kier molecular flexibility index (Phi) is 10.3. The van der Waals surface area contributed by atoms with Crippen LogP contribution in [0, 0.1) is 5.92 Å². The Morgan fingerprint density at radius 2 is 2.00 bits per heavy atom. The summed E-state index contributed by atoms with van der Waals surface area (Å²) in [7, 11) is -3.08. The fraction of sp³-hybridized carbons (Fsp3) is 1.00. The van der Waals surface area contributed by atoms with Gasteiger partial charge in [0.25, 0.3) is 0 Å². The van der Waals surface area contributed by atoms with Gasteiger partial charge in [0.15, 0.2) is 0 Å². The van der Waals surface area contributed by atoms with Gasteiger partial charge in [-0.2, -0.15) is 11.8 Å². The molecule has 0 bridgehead atoms. The van der Waals surface area contributed by atoms with E-state index in [1.807, 2.05) is 6.26 Å². The average molecular weight is 282 g/mol. The minimum atomic E-state index is -3.08. The molecule has 0 spiro atoms. The maximum absolute atomic E-state index is 11.6. The molecule has 4 nitrogen and oxygen atoms in total. The third kappa shape index (κ3) is 11.1. The molecular formula is C11H26N2O2S2. The summed E-state index contributed by atoms with van der Waals surface area (Å²) in [4.78, 5) is 0. The van der Waals surface area contributed by atoms with Crippen LogP contribution in [0.5, 0.6) is 0 Å². The van der Waals surface area contributed by atoms with Crippen LogP contribution in [0.4, 0.5) is 0 Å². The molecular weight excluding hydrogens is 256 g/mol. The van der Waals surface area contributed by atoms with Crippen LogP contribution in [-0.2, 0) is 10.0 Å². The predicted molar refractivity (Wildman–Crippen MR) is 77.1 cm³/mol. The van der Waals surface area contributed by atoms with Gasteiger partial charge in [-0.05, 0) is 43.9 Å². The Morgan fingerprint density at radius 3 is 2.59 bits per heavy atom. The Morgan fingerprint density at radius 1 is 1.29 bits per heavy atom. The van der Waals surface area contributed by atoms with Gasteiger partial charge >= 0.3 is 0 Å². The van der Waals surface area contributed by atoms with Crippen molar-refractivity contribution in [2.24, 2.45) is 5.92 Å². The van der Waals surface area contributed by atoms with Gasteiger partial charge in [0, 0.05) is 6.54 Å². The number of rotatable bonds is 11. The summed E-state index contributed by atoms with van der Waals surface area (Å²) < 4.78 is 25.9. The summed E-state index contributed by atoms with van der Waals surface area (Å²) in [5.74, 6) is 1.59. The molecule has 0 aromatic carbocycles. The lowest BCUT2D eigenvalue weighted by atomic mass is 10.2. The first kappa shape index (κ1) is 17.2. The fourth-order valence-electron chi connectivity index (χ4n) is 1.37. The van der Waals surface area contributed by atoms with E-state index in [1.54, 1.807) is 11.8 Å². The first-order valence-corrected chi connectivity index (χ1v) is 9.23. The Hall–Kier alpha value is 0.220. The lowest BCUT2D eigenvalue weighted by Gasteiger charge is -2.11. The molecule has 17 heavy (non-hydrogen) atoms. The first-order valence-electron chi connectivity index (χ1n) is 6.18. The quantitative estimate of drug-likeness (QED) is 0.561. The van der Waals surface area contributed by atoms with Gasteiger partial charge in [-0.15, -0.1) is 0 Å². The van der Waals surface area contributed by atoms with Crippen LogP contribution >= 0.6 is 11.8 Å². The number of hydrogen-bond acceptors (Lipinski definition) is 4. The highest BCUT2D eigenvalue weighted by atomic mass is 32.2. The Labute approximate surface area is 110 Å². The zero-order chi connectivity index (χ0) is 13.1. The number of hydrogen-bond donors (Lipinski definition) is 2. The van der Waals surface area contributed by atoms with Crippen molar-refractivity contribution in [3.8, 4) is 0 Å². The Balaban J connectivity index is 3.65. The van der Waals surface area contributed by atoms with Crippen LogP contribution < -0.4 is 10.0 Å². The molecule has 0 radical (unpaired) electrons.